The number of fused-ring (bicyclic) bond motifs is 7. The summed E-state index contributed by atoms with van der Waals surface area (Å²) < 4.78 is 9.05. The highest BCUT2D eigenvalue weighted by atomic mass is 32.1. The van der Waals surface area contributed by atoms with Crippen molar-refractivity contribution >= 4 is 81.3 Å². The summed E-state index contributed by atoms with van der Waals surface area (Å²) >= 11 is 1.87. The van der Waals surface area contributed by atoms with Crippen molar-refractivity contribution in [1.82, 2.24) is 0 Å². The molecule has 3 heteroatoms. The summed E-state index contributed by atoms with van der Waals surface area (Å²) in [5.41, 5.74) is 9.87. The molecule has 2 heterocycles. The molecule has 0 amide bonds. The minimum atomic E-state index is 0.874. The van der Waals surface area contributed by atoms with Crippen molar-refractivity contribution < 1.29 is 4.42 Å². The summed E-state index contributed by atoms with van der Waals surface area (Å²) in [6.07, 6.45) is 0. The topological polar surface area (TPSA) is 16.4 Å². The van der Waals surface area contributed by atoms with Gasteiger partial charge in [-0.1, -0.05) is 133 Å². The van der Waals surface area contributed by atoms with Gasteiger partial charge in [0.1, 0.15) is 11.2 Å². The Labute approximate surface area is 287 Å². The zero-order valence-corrected chi connectivity index (χ0v) is 27.3. The van der Waals surface area contributed by atoms with Crippen molar-refractivity contribution in [3.8, 4) is 22.3 Å². The largest absolute Gasteiger partial charge is 0.456 e. The smallest absolute Gasteiger partial charge is 0.137 e. The maximum absolute atomic E-state index is 6.40. The minimum absolute atomic E-state index is 0.874. The Morgan fingerprint density at radius 3 is 1.94 bits per heavy atom. The van der Waals surface area contributed by atoms with E-state index < -0.39 is 0 Å². The molecule has 49 heavy (non-hydrogen) atoms. The van der Waals surface area contributed by atoms with Gasteiger partial charge in [-0.2, -0.15) is 0 Å². The lowest BCUT2D eigenvalue weighted by Gasteiger charge is -2.29. The highest BCUT2D eigenvalue weighted by Gasteiger charge is 2.22. The molecule has 8 aromatic carbocycles. The lowest BCUT2D eigenvalue weighted by atomic mass is 9.95. The van der Waals surface area contributed by atoms with Crippen LogP contribution in [0.15, 0.2) is 180 Å². The Morgan fingerprint density at radius 2 is 1.02 bits per heavy atom. The molecule has 0 aliphatic carbocycles. The number of nitrogens with zero attached hydrogens (tertiary/aromatic N) is 1. The molecule has 0 aliphatic heterocycles. The third-order valence-corrected chi connectivity index (χ3v) is 10.9. The van der Waals surface area contributed by atoms with Crippen LogP contribution in [-0.2, 0) is 0 Å². The van der Waals surface area contributed by atoms with Gasteiger partial charge in [0.05, 0.1) is 16.8 Å². The van der Waals surface area contributed by atoms with E-state index in [4.69, 9.17) is 4.42 Å². The van der Waals surface area contributed by atoms with E-state index in [1.165, 1.54) is 53.2 Å². The zero-order valence-electron chi connectivity index (χ0n) is 26.5. The van der Waals surface area contributed by atoms with Crippen LogP contribution in [0.5, 0.6) is 0 Å². The summed E-state index contributed by atoms with van der Waals surface area (Å²) in [7, 11) is 0. The van der Waals surface area contributed by atoms with Gasteiger partial charge in [-0.05, 0) is 69.9 Å². The molecule has 0 unspecified atom stereocenters. The highest BCUT2D eigenvalue weighted by Crippen LogP contribution is 2.47. The molecule has 0 atom stereocenters. The molecule has 2 nitrogen and oxygen atoms in total. The van der Waals surface area contributed by atoms with Crippen LogP contribution in [0.1, 0.15) is 0 Å². The van der Waals surface area contributed by atoms with Gasteiger partial charge in [-0.3, -0.25) is 0 Å². The average Bonchev–Trinajstić information content (AvgIpc) is 3.74. The highest BCUT2D eigenvalue weighted by molar-refractivity contribution is 7.26. The van der Waals surface area contributed by atoms with Crippen LogP contribution >= 0.6 is 11.3 Å². The number of furan rings is 1. The van der Waals surface area contributed by atoms with Crippen LogP contribution < -0.4 is 4.90 Å². The van der Waals surface area contributed by atoms with E-state index in [2.05, 4.69) is 175 Å². The van der Waals surface area contributed by atoms with Gasteiger partial charge in [-0.15, -0.1) is 11.3 Å². The van der Waals surface area contributed by atoms with E-state index in [-0.39, 0.29) is 0 Å². The summed E-state index contributed by atoms with van der Waals surface area (Å²) in [4.78, 5) is 2.41. The van der Waals surface area contributed by atoms with Crippen molar-refractivity contribution in [1.29, 1.82) is 0 Å². The molecule has 0 spiro atoms. The molecule has 0 radical (unpaired) electrons. The summed E-state index contributed by atoms with van der Waals surface area (Å²) in [5.74, 6) is 0. The molecule has 2 aromatic heterocycles. The van der Waals surface area contributed by atoms with Gasteiger partial charge >= 0.3 is 0 Å². The van der Waals surface area contributed by atoms with Gasteiger partial charge in [0.2, 0.25) is 0 Å². The second-order valence-electron chi connectivity index (χ2n) is 12.5. The maximum atomic E-state index is 6.40. The van der Waals surface area contributed by atoms with Crippen molar-refractivity contribution in [2.45, 2.75) is 0 Å². The van der Waals surface area contributed by atoms with Gasteiger partial charge in [0.25, 0.3) is 0 Å². The van der Waals surface area contributed by atoms with Gasteiger partial charge in [-0.25, -0.2) is 0 Å². The number of anilines is 3. The number of thiophene rings is 1. The van der Waals surface area contributed by atoms with Gasteiger partial charge < -0.3 is 9.32 Å². The molecule has 0 aliphatic rings. The molecule has 0 saturated heterocycles. The van der Waals surface area contributed by atoms with Crippen LogP contribution in [0.2, 0.25) is 0 Å². The Morgan fingerprint density at radius 1 is 0.408 bits per heavy atom. The number of para-hydroxylation sites is 2. The van der Waals surface area contributed by atoms with Crippen molar-refractivity contribution in [2.75, 3.05) is 4.90 Å². The van der Waals surface area contributed by atoms with E-state index in [9.17, 15) is 0 Å². The van der Waals surface area contributed by atoms with Gasteiger partial charge in [0.15, 0.2) is 0 Å². The fourth-order valence-corrected chi connectivity index (χ4v) is 8.71. The number of hydrogen-bond donors (Lipinski definition) is 0. The van der Waals surface area contributed by atoms with Crippen LogP contribution in [0.3, 0.4) is 0 Å². The standard InChI is InChI=1S/C46H29NOS/c1-2-14-33-30(12-1)13-9-19-35(33)36-15-3-6-21-40(36)47(41-22-11-24-43-45(41)39-17-4-7-23-42(39)48-43)32-28-26-31(27-29-32)34-18-10-20-38-37-16-5-8-25-44(37)49-46(34)38/h1-29H. The van der Waals surface area contributed by atoms with Crippen molar-refractivity contribution in [3.05, 3.63) is 176 Å². The van der Waals surface area contributed by atoms with Crippen LogP contribution in [0.4, 0.5) is 17.1 Å². The monoisotopic (exact) mass is 643 g/mol. The molecule has 10 aromatic rings. The molecule has 0 fully saturated rings. The van der Waals surface area contributed by atoms with E-state index in [1.54, 1.807) is 0 Å². The second-order valence-corrected chi connectivity index (χ2v) is 13.5. The van der Waals surface area contributed by atoms with E-state index in [1.807, 2.05) is 17.4 Å². The Hall–Kier alpha value is -6.16. The minimum Gasteiger partial charge on any atom is -0.456 e. The fraction of sp³-hybridized carbons (Fsp3) is 0. The predicted molar refractivity (Wildman–Crippen MR) is 210 cm³/mol. The first-order valence-corrected chi connectivity index (χ1v) is 17.4. The lowest BCUT2D eigenvalue weighted by Crippen LogP contribution is -2.11. The molecule has 0 N–H and O–H groups in total. The summed E-state index contributed by atoms with van der Waals surface area (Å²) in [5, 5.41) is 7.29. The number of rotatable bonds is 5. The summed E-state index contributed by atoms with van der Waals surface area (Å²) in [6, 6.07) is 63.2. The Balaban J connectivity index is 1.21. The van der Waals surface area contributed by atoms with E-state index >= 15 is 0 Å². The van der Waals surface area contributed by atoms with Crippen LogP contribution in [0, 0.1) is 0 Å². The van der Waals surface area contributed by atoms with Crippen LogP contribution in [-0.4, -0.2) is 0 Å². The molecule has 0 saturated carbocycles. The molecular weight excluding hydrogens is 615 g/mol. The predicted octanol–water partition coefficient (Wildman–Crippen LogP) is 13.9. The van der Waals surface area contributed by atoms with E-state index in [0.29, 0.717) is 0 Å². The number of benzene rings is 8. The SMILES string of the molecule is c1ccc(N(c2ccc(-c3cccc4c3sc3ccccc34)cc2)c2cccc3oc4ccccc4c23)c(-c2cccc3ccccc23)c1. The molecule has 230 valence electrons. The third kappa shape index (κ3) is 4.47. The number of hydrogen-bond acceptors (Lipinski definition) is 3. The fourth-order valence-electron chi connectivity index (χ4n) is 7.47. The molecule has 10 rings (SSSR count). The Bertz CT molecular complexity index is 2840. The third-order valence-electron chi connectivity index (χ3n) is 9.69. The summed E-state index contributed by atoms with van der Waals surface area (Å²) in [6.45, 7) is 0. The van der Waals surface area contributed by atoms with Crippen molar-refractivity contribution in [2.24, 2.45) is 0 Å². The molecule has 0 bridgehead atoms. The maximum Gasteiger partial charge on any atom is 0.137 e. The zero-order chi connectivity index (χ0) is 32.3. The second kappa shape index (κ2) is 11.2. The first kappa shape index (κ1) is 27.9. The van der Waals surface area contributed by atoms with Crippen molar-refractivity contribution in [3.63, 3.8) is 0 Å². The molecular formula is C46H29NOS. The first-order chi connectivity index (χ1) is 24.3. The normalized spacial score (nSPS) is 11.7. The van der Waals surface area contributed by atoms with Crippen LogP contribution in [0.25, 0.3) is 75.1 Å². The quantitative estimate of drug-likeness (QED) is 0.186. The first-order valence-electron chi connectivity index (χ1n) is 16.6. The Kier molecular flexibility index (Phi) is 6.39. The average molecular weight is 644 g/mol. The van der Waals surface area contributed by atoms with Gasteiger partial charge in [0, 0.05) is 36.8 Å². The van der Waals surface area contributed by atoms with E-state index in [0.717, 1.165) is 39.0 Å². The lowest BCUT2D eigenvalue weighted by molar-refractivity contribution is 0.669.